The molecule has 0 aliphatic carbocycles. The van der Waals surface area contributed by atoms with Crippen LogP contribution in [0.15, 0.2) is 12.1 Å². The van der Waals surface area contributed by atoms with Gasteiger partial charge in [0.1, 0.15) is 17.3 Å². The third-order valence-corrected chi connectivity index (χ3v) is 3.28. The van der Waals surface area contributed by atoms with Crippen LogP contribution in [0.2, 0.25) is 0 Å². The third kappa shape index (κ3) is 5.25. The Hall–Kier alpha value is -1.20. The summed E-state index contributed by atoms with van der Waals surface area (Å²) in [7, 11) is 1.58. The zero-order chi connectivity index (χ0) is 15.8. The molecule has 120 valence electrons. The number of hydrogen-bond acceptors (Lipinski definition) is 3. The van der Waals surface area contributed by atoms with Crippen LogP contribution in [-0.4, -0.2) is 32.8 Å². The first-order valence-corrected chi connectivity index (χ1v) is 7.45. The highest BCUT2D eigenvalue weighted by Gasteiger charge is 2.20. The van der Waals surface area contributed by atoms with Crippen LogP contribution in [0.1, 0.15) is 32.8 Å². The zero-order valence-corrected chi connectivity index (χ0v) is 13.4. The molecule has 0 radical (unpaired) electrons. The molecule has 0 heterocycles. The summed E-state index contributed by atoms with van der Waals surface area (Å²) in [6.07, 6.45) is 0.987. The number of nitrogens with zero attached hydrogens (tertiary/aromatic N) is 1. The standard InChI is InChI=1S/C16H26F2N2O/c1-5-6-19-11-13-9-14(17)16(15(18)10-13)20(12(2)3)7-8-21-4/h9-10,12,19H,5-8,11H2,1-4H3. The van der Waals surface area contributed by atoms with E-state index >= 15 is 0 Å². The lowest BCUT2D eigenvalue weighted by Crippen LogP contribution is -2.35. The molecule has 0 saturated heterocycles. The van der Waals surface area contributed by atoms with Crippen LogP contribution < -0.4 is 10.2 Å². The lowest BCUT2D eigenvalue weighted by atomic mass is 10.1. The number of nitrogens with one attached hydrogen (secondary N) is 1. The average Bonchev–Trinajstić information content (AvgIpc) is 2.41. The summed E-state index contributed by atoms with van der Waals surface area (Å²) in [4.78, 5) is 1.69. The Morgan fingerprint density at radius 3 is 2.33 bits per heavy atom. The van der Waals surface area contributed by atoms with E-state index in [-0.39, 0.29) is 11.7 Å². The Morgan fingerprint density at radius 2 is 1.86 bits per heavy atom. The van der Waals surface area contributed by atoms with Crippen LogP contribution in [0.3, 0.4) is 0 Å². The summed E-state index contributed by atoms with van der Waals surface area (Å²) < 4.78 is 33.6. The zero-order valence-electron chi connectivity index (χ0n) is 13.4. The van der Waals surface area contributed by atoms with E-state index in [0.29, 0.717) is 25.3 Å². The van der Waals surface area contributed by atoms with Crippen LogP contribution >= 0.6 is 0 Å². The molecule has 0 fully saturated rings. The quantitative estimate of drug-likeness (QED) is 0.708. The molecular weight excluding hydrogens is 274 g/mol. The molecule has 0 atom stereocenters. The lowest BCUT2D eigenvalue weighted by Gasteiger charge is -2.29. The number of rotatable bonds is 9. The fourth-order valence-electron chi connectivity index (χ4n) is 2.22. The molecule has 1 rings (SSSR count). The van der Waals surface area contributed by atoms with E-state index in [0.717, 1.165) is 13.0 Å². The van der Waals surface area contributed by atoms with Crippen LogP contribution in [0.5, 0.6) is 0 Å². The minimum atomic E-state index is -0.520. The highest BCUT2D eigenvalue weighted by Crippen LogP contribution is 2.26. The molecule has 0 aromatic heterocycles. The molecule has 21 heavy (non-hydrogen) atoms. The molecule has 0 unspecified atom stereocenters. The first-order valence-electron chi connectivity index (χ1n) is 7.45. The van der Waals surface area contributed by atoms with Crippen molar-refractivity contribution in [3.63, 3.8) is 0 Å². The van der Waals surface area contributed by atoms with E-state index in [1.54, 1.807) is 12.0 Å². The second kappa shape index (κ2) is 8.95. The molecule has 3 nitrogen and oxygen atoms in total. The number of hydrogen-bond donors (Lipinski definition) is 1. The predicted octanol–water partition coefficient (Wildman–Crippen LogP) is 3.33. The Bertz CT molecular complexity index is 415. The highest BCUT2D eigenvalue weighted by molar-refractivity contribution is 5.51. The van der Waals surface area contributed by atoms with E-state index in [1.165, 1.54) is 12.1 Å². The van der Waals surface area contributed by atoms with Gasteiger partial charge in [-0.2, -0.15) is 0 Å². The maximum absolute atomic E-state index is 14.3. The summed E-state index contributed by atoms with van der Waals surface area (Å²) in [5, 5.41) is 3.14. The van der Waals surface area contributed by atoms with Crippen molar-refractivity contribution >= 4 is 5.69 Å². The monoisotopic (exact) mass is 300 g/mol. The number of benzene rings is 1. The van der Waals surface area contributed by atoms with Gasteiger partial charge in [0.05, 0.1) is 6.61 Å². The van der Waals surface area contributed by atoms with Crippen molar-refractivity contribution in [2.24, 2.45) is 0 Å². The van der Waals surface area contributed by atoms with Crippen molar-refractivity contribution in [3.05, 3.63) is 29.3 Å². The van der Waals surface area contributed by atoms with Gasteiger partial charge in [-0.3, -0.25) is 0 Å². The second-order valence-corrected chi connectivity index (χ2v) is 5.36. The summed E-state index contributed by atoms with van der Waals surface area (Å²) in [6.45, 7) is 8.05. The first kappa shape index (κ1) is 17.9. The minimum Gasteiger partial charge on any atom is -0.383 e. The summed E-state index contributed by atoms with van der Waals surface area (Å²) >= 11 is 0. The van der Waals surface area contributed by atoms with Gasteiger partial charge in [-0.25, -0.2) is 8.78 Å². The molecule has 1 aromatic rings. The van der Waals surface area contributed by atoms with Gasteiger partial charge in [0.15, 0.2) is 0 Å². The van der Waals surface area contributed by atoms with E-state index in [9.17, 15) is 8.78 Å². The van der Waals surface area contributed by atoms with E-state index < -0.39 is 11.6 Å². The molecular formula is C16H26F2N2O. The maximum Gasteiger partial charge on any atom is 0.149 e. The number of halogens is 2. The van der Waals surface area contributed by atoms with E-state index in [2.05, 4.69) is 5.32 Å². The highest BCUT2D eigenvalue weighted by atomic mass is 19.1. The van der Waals surface area contributed by atoms with Crippen LogP contribution in [0.4, 0.5) is 14.5 Å². The fourth-order valence-corrected chi connectivity index (χ4v) is 2.22. The maximum atomic E-state index is 14.3. The van der Waals surface area contributed by atoms with Gasteiger partial charge in [0.25, 0.3) is 0 Å². The molecule has 0 bridgehead atoms. The van der Waals surface area contributed by atoms with Gasteiger partial charge >= 0.3 is 0 Å². The van der Waals surface area contributed by atoms with Crippen molar-refractivity contribution in [2.75, 3.05) is 31.7 Å². The third-order valence-electron chi connectivity index (χ3n) is 3.28. The predicted molar refractivity (Wildman–Crippen MR) is 82.7 cm³/mol. The molecule has 5 heteroatoms. The summed E-state index contributed by atoms with van der Waals surface area (Å²) in [5.41, 5.74) is 0.652. The summed E-state index contributed by atoms with van der Waals surface area (Å²) in [6, 6.07) is 2.81. The van der Waals surface area contributed by atoms with Gasteiger partial charge < -0.3 is 15.0 Å². The molecule has 1 aromatic carbocycles. The first-order chi connectivity index (χ1) is 10.0. The lowest BCUT2D eigenvalue weighted by molar-refractivity contribution is 0.203. The van der Waals surface area contributed by atoms with Gasteiger partial charge in [-0.1, -0.05) is 6.92 Å². The molecule has 1 N–H and O–H groups in total. The molecule has 0 saturated carbocycles. The topological polar surface area (TPSA) is 24.5 Å². The number of anilines is 1. The van der Waals surface area contributed by atoms with Crippen molar-refractivity contribution in [3.8, 4) is 0 Å². The normalized spacial score (nSPS) is 11.2. The van der Waals surface area contributed by atoms with Crippen LogP contribution in [0, 0.1) is 11.6 Å². The van der Waals surface area contributed by atoms with Gasteiger partial charge in [0, 0.05) is 26.2 Å². The van der Waals surface area contributed by atoms with Gasteiger partial charge in [-0.05, 0) is 44.5 Å². The molecule has 0 aliphatic rings. The Morgan fingerprint density at radius 1 is 1.24 bits per heavy atom. The number of methoxy groups -OCH3 is 1. The van der Waals surface area contributed by atoms with Crippen molar-refractivity contribution in [1.82, 2.24) is 5.32 Å². The fraction of sp³-hybridized carbons (Fsp3) is 0.625. The number of ether oxygens (including phenoxy) is 1. The van der Waals surface area contributed by atoms with Crippen LogP contribution in [0.25, 0.3) is 0 Å². The molecule has 0 aliphatic heterocycles. The Labute approximate surface area is 126 Å². The van der Waals surface area contributed by atoms with E-state index in [4.69, 9.17) is 4.74 Å². The molecule has 0 amide bonds. The molecule has 0 spiro atoms. The Balaban J connectivity index is 2.95. The minimum absolute atomic E-state index is 0.00628. The smallest absolute Gasteiger partial charge is 0.149 e. The largest absolute Gasteiger partial charge is 0.383 e. The van der Waals surface area contributed by atoms with Crippen molar-refractivity contribution < 1.29 is 13.5 Å². The second-order valence-electron chi connectivity index (χ2n) is 5.36. The SMILES string of the molecule is CCCNCc1cc(F)c(N(CCOC)C(C)C)c(F)c1. The Kier molecular flexibility index (Phi) is 7.61. The van der Waals surface area contributed by atoms with Gasteiger partial charge in [-0.15, -0.1) is 0 Å². The van der Waals surface area contributed by atoms with E-state index in [1.807, 2.05) is 20.8 Å². The van der Waals surface area contributed by atoms with Crippen molar-refractivity contribution in [2.45, 2.75) is 39.8 Å². The van der Waals surface area contributed by atoms with Crippen molar-refractivity contribution in [1.29, 1.82) is 0 Å². The van der Waals surface area contributed by atoms with Gasteiger partial charge in [0.2, 0.25) is 0 Å². The van der Waals surface area contributed by atoms with Crippen LogP contribution in [-0.2, 0) is 11.3 Å². The summed E-state index contributed by atoms with van der Waals surface area (Å²) in [5.74, 6) is -1.04. The average molecular weight is 300 g/mol.